The molecular weight excluding hydrogens is 314 g/mol. The zero-order valence-electron chi connectivity index (χ0n) is 15.5. The molecule has 4 heteroatoms. The summed E-state index contributed by atoms with van der Waals surface area (Å²) in [5, 5.41) is 10.1. The molecule has 0 radical (unpaired) electrons. The first-order chi connectivity index (χ1) is 11.9. The number of anilines is 1. The van der Waals surface area contributed by atoms with Crippen LogP contribution in [-0.4, -0.2) is 18.1 Å². The molecule has 1 aliphatic rings. The molecule has 1 fully saturated rings. The van der Waals surface area contributed by atoms with E-state index in [9.17, 15) is 9.90 Å². The Labute approximate surface area is 149 Å². The number of carbonyl (C=O) groups is 1. The highest BCUT2D eigenvalue weighted by molar-refractivity contribution is 6.03. The van der Waals surface area contributed by atoms with Crippen molar-refractivity contribution in [3.05, 3.63) is 52.6 Å². The first-order valence-electron chi connectivity index (χ1n) is 8.66. The zero-order valence-corrected chi connectivity index (χ0v) is 15.5. The van der Waals surface area contributed by atoms with Gasteiger partial charge in [-0.1, -0.05) is 19.1 Å². The number of hydrogen-bond acceptors (Lipinski definition) is 3. The van der Waals surface area contributed by atoms with Gasteiger partial charge in [-0.25, -0.2) is 0 Å². The molecule has 1 amide bonds. The van der Waals surface area contributed by atoms with Crippen molar-refractivity contribution in [3.8, 4) is 11.5 Å². The number of aryl methyl sites for hydroxylation is 2. The van der Waals surface area contributed by atoms with Gasteiger partial charge in [-0.15, -0.1) is 0 Å². The fourth-order valence-corrected chi connectivity index (χ4v) is 3.59. The van der Waals surface area contributed by atoms with Gasteiger partial charge in [0.2, 0.25) is 5.91 Å². The van der Waals surface area contributed by atoms with E-state index in [1.165, 1.54) is 0 Å². The molecule has 3 rings (SSSR count). The van der Waals surface area contributed by atoms with Crippen LogP contribution in [0.5, 0.6) is 11.5 Å². The number of phenolic OH excluding ortho intramolecular Hbond substituents is 1. The number of aromatic hydroxyl groups is 1. The summed E-state index contributed by atoms with van der Waals surface area (Å²) in [6, 6.07) is 9.58. The molecule has 1 N–H and O–H groups in total. The summed E-state index contributed by atoms with van der Waals surface area (Å²) in [7, 11) is 1.65. The van der Waals surface area contributed by atoms with Gasteiger partial charge in [-0.05, 0) is 61.6 Å². The van der Waals surface area contributed by atoms with Crippen LogP contribution in [0.25, 0.3) is 0 Å². The fourth-order valence-electron chi connectivity index (χ4n) is 3.59. The second kappa shape index (κ2) is 6.43. The number of nitrogens with zero attached hydrogens (tertiary/aromatic N) is 1. The molecule has 0 aromatic heterocycles. The third-order valence-corrected chi connectivity index (χ3v) is 5.33. The summed E-state index contributed by atoms with van der Waals surface area (Å²) in [4.78, 5) is 14.6. The molecule has 0 bridgehead atoms. The van der Waals surface area contributed by atoms with Gasteiger partial charge in [0.25, 0.3) is 0 Å². The Kier molecular flexibility index (Phi) is 4.46. The minimum Gasteiger partial charge on any atom is -0.508 e. The van der Waals surface area contributed by atoms with Gasteiger partial charge in [0.1, 0.15) is 11.5 Å². The standard InChI is InChI=1S/C21H25NO3/c1-6-17-20(15-8-7-12(2)18(23)10-15)22(21(17)24)16-9-13(3)14(4)19(11-16)25-5/h7-11,17,20,23H,6H2,1-5H3/t17?,20-/m1/s1. The van der Waals surface area contributed by atoms with Crippen molar-refractivity contribution in [2.24, 2.45) is 5.92 Å². The molecule has 25 heavy (non-hydrogen) atoms. The monoisotopic (exact) mass is 339 g/mol. The minimum atomic E-state index is -0.0605. The second-order valence-electron chi connectivity index (χ2n) is 6.80. The molecule has 2 aromatic rings. The molecule has 0 spiro atoms. The SMILES string of the molecule is CCC1C(=O)N(c2cc(C)c(C)c(OC)c2)[C@@H]1c1ccc(C)c(O)c1. The summed E-state index contributed by atoms with van der Waals surface area (Å²) in [5.41, 5.74) is 4.82. The lowest BCUT2D eigenvalue weighted by Crippen LogP contribution is -2.55. The Morgan fingerprint density at radius 1 is 1.12 bits per heavy atom. The van der Waals surface area contributed by atoms with Crippen LogP contribution in [0, 0.1) is 26.7 Å². The highest BCUT2D eigenvalue weighted by atomic mass is 16.5. The number of rotatable bonds is 4. The fraction of sp³-hybridized carbons (Fsp3) is 0.381. The Bertz CT molecular complexity index is 828. The number of methoxy groups -OCH3 is 1. The smallest absolute Gasteiger partial charge is 0.233 e. The number of amides is 1. The highest BCUT2D eigenvalue weighted by Crippen LogP contribution is 2.47. The van der Waals surface area contributed by atoms with Crippen molar-refractivity contribution in [1.29, 1.82) is 0 Å². The average Bonchev–Trinajstić information content (AvgIpc) is 2.58. The van der Waals surface area contributed by atoms with E-state index in [0.29, 0.717) is 0 Å². The molecule has 2 aromatic carbocycles. The van der Waals surface area contributed by atoms with E-state index in [4.69, 9.17) is 4.74 Å². The number of ether oxygens (including phenoxy) is 1. The number of carbonyl (C=O) groups excluding carboxylic acids is 1. The first kappa shape index (κ1) is 17.3. The quantitative estimate of drug-likeness (QED) is 0.838. The van der Waals surface area contributed by atoms with Crippen molar-refractivity contribution in [1.82, 2.24) is 0 Å². The van der Waals surface area contributed by atoms with E-state index < -0.39 is 0 Å². The number of β-lactam (4-membered cyclic amide) rings is 1. The molecule has 1 aliphatic heterocycles. The lowest BCUT2D eigenvalue weighted by Gasteiger charge is -2.47. The molecule has 1 saturated heterocycles. The van der Waals surface area contributed by atoms with E-state index in [1.807, 2.05) is 56.9 Å². The predicted octanol–water partition coefficient (Wildman–Crippen LogP) is 4.44. The maximum atomic E-state index is 12.7. The predicted molar refractivity (Wildman–Crippen MR) is 99.3 cm³/mol. The van der Waals surface area contributed by atoms with Crippen molar-refractivity contribution >= 4 is 11.6 Å². The topological polar surface area (TPSA) is 49.8 Å². The molecular formula is C21H25NO3. The Morgan fingerprint density at radius 3 is 2.44 bits per heavy atom. The molecule has 0 aliphatic carbocycles. The maximum absolute atomic E-state index is 12.7. The molecule has 4 nitrogen and oxygen atoms in total. The number of benzene rings is 2. The molecule has 2 atom stereocenters. The largest absolute Gasteiger partial charge is 0.508 e. The van der Waals surface area contributed by atoms with Crippen LogP contribution >= 0.6 is 0 Å². The highest BCUT2D eigenvalue weighted by Gasteiger charge is 2.47. The lowest BCUT2D eigenvalue weighted by atomic mass is 9.79. The van der Waals surface area contributed by atoms with E-state index in [-0.39, 0.29) is 23.6 Å². The Morgan fingerprint density at radius 2 is 1.84 bits per heavy atom. The summed E-state index contributed by atoms with van der Waals surface area (Å²) in [6.07, 6.45) is 0.774. The van der Waals surface area contributed by atoms with E-state index >= 15 is 0 Å². The van der Waals surface area contributed by atoms with Gasteiger partial charge in [-0.2, -0.15) is 0 Å². The van der Waals surface area contributed by atoms with E-state index in [1.54, 1.807) is 13.2 Å². The van der Waals surface area contributed by atoms with Crippen LogP contribution < -0.4 is 9.64 Å². The second-order valence-corrected chi connectivity index (χ2v) is 6.80. The molecule has 132 valence electrons. The Balaban J connectivity index is 2.06. The van der Waals surface area contributed by atoms with Gasteiger partial charge < -0.3 is 14.7 Å². The average molecular weight is 339 g/mol. The van der Waals surface area contributed by atoms with Crippen molar-refractivity contribution < 1.29 is 14.6 Å². The van der Waals surface area contributed by atoms with Crippen LogP contribution in [-0.2, 0) is 4.79 Å². The van der Waals surface area contributed by atoms with Crippen LogP contribution in [0.2, 0.25) is 0 Å². The van der Waals surface area contributed by atoms with Crippen molar-refractivity contribution in [3.63, 3.8) is 0 Å². The van der Waals surface area contributed by atoms with E-state index in [0.717, 1.165) is 40.1 Å². The van der Waals surface area contributed by atoms with Gasteiger partial charge in [0.15, 0.2) is 0 Å². The van der Waals surface area contributed by atoms with Gasteiger partial charge in [0, 0.05) is 11.8 Å². The zero-order chi connectivity index (χ0) is 18.3. The van der Waals surface area contributed by atoms with Gasteiger partial charge in [0.05, 0.1) is 19.1 Å². The maximum Gasteiger partial charge on any atom is 0.233 e. The molecule has 1 unspecified atom stereocenters. The van der Waals surface area contributed by atoms with Gasteiger partial charge in [-0.3, -0.25) is 4.79 Å². The molecule has 0 saturated carbocycles. The lowest BCUT2D eigenvalue weighted by molar-refractivity contribution is -0.130. The van der Waals surface area contributed by atoms with Crippen LogP contribution in [0.3, 0.4) is 0 Å². The van der Waals surface area contributed by atoms with Crippen LogP contribution in [0.15, 0.2) is 30.3 Å². The summed E-state index contributed by atoms with van der Waals surface area (Å²) >= 11 is 0. The van der Waals surface area contributed by atoms with Crippen molar-refractivity contribution in [2.75, 3.05) is 12.0 Å². The summed E-state index contributed by atoms with van der Waals surface area (Å²) < 4.78 is 5.47. The Hall–Kier alpha value is -2.49. The summed E-state index contributed by atoms with van der Waals surface area (Å²) in [6.45, 7) is 7.94. The van der Waals surface area contributed by atoms with Crippen molar-refractivity contribution in [2.45, 2.75) is 40.2 Å². The normalized spacial score (nSPS) is 19.7. The number of hydrogen-bond donors (Lipinski definition) is 1. The third-order valence-electron chi connectivity index (χ3n) is 5.33. The summed E-state index contributed by atoms with van der Waals surface area (Å²) in [5.74, 6) is 1.12. The van der Waals surface area contributed by atoms with Crippen LogP contribution in [0.4, 0.5) is 5.69 Å². The third kappa shape index (κ3) is 2.76. The first-order valence-corrected chi connectivity index (χ1v) is 8.66. The van der Waals surface area contributed by atoms with Gasteiger partial charge >= 0.3 is 0 Å². The minimum absolute atomic E-state index is 0.0594. The molecule has 1 heterocycles. The van der Waals surface area contributed by atoms with E-state index in [2.05, 4.69) is 0 Å². The number of phenols is 1. The van der Waals surface area contributed by atoms with Crippen LogP contribution in [0.1, 0.15) is 41.6 Å².